The van der Waals surface area contributed by atoms with Gasteiger partial charge in [0.25, 0.3) is 0 Å². The first kappa shape index (κ1) is 8.26. The van der Waals surface area contributed by atoms with Crippen molar-refractivity contribution in [3.8, 4) is 10.4 Å². The Labute approximate surface area is 81.1 Å². The SMILES string of the molecule is Cc1ccc(-c2ccncc2N)s1. The summed E-state index contributed by atoms with van der Waals surface area (Å²) < 4.78 is 0. The Balaban J connectivity index is 2.52. The maximum atomic E-state index is 5.81. The quantitative estimate of drug-likeness (QED) is 0.751. The number of aryl methyl sites for hydroxylation is 1. The molecule has 2 heterocycles. The first-order valence-electron chi connectivity index (χ1n) is 4.03. The van der Waals surface area contributed by atoms with E-state index in [-0.39, 0.29) is 0 Å². The van der Waals surface area contributed by atoms with Crippen LogP contribution in [0, 0.1) is 6.92 Å². The zero-order valence-electron chi connectivity index (χ0n) is 7.32. The molecule has 3 heteroatoms. The molecule has 0 atom stereocenters. The summed E-state index contributed by atoms with van der Waals surface area (Å²) in [7, 11) is 0. The second kappa shape index (κ2) is 3.18. The number of nitrogen functional groups attached to an aromatic ring is 1. The van der Waals surface area contributed by atoms with Crippen LogP contribution in [0.3, 0.4) is 0 Å². The summed E-state index contributed by atoms with van der Waals surface area (Å²) in [5.41, 5.74) is 7.62. The average Bonchev–Trinajstić information content (AvgIpc) is 2.53. The number of aromatic nitrogens is 1. The van der Waals surface area contributed by atoms with Crippen molar-refractivity contribution in [1.29, 1.82) is 0 Å². The van der Waals surface area contributed by atoms with Gasteiger partial charge in [-0.15, -0.1) is 11.3 Å². The van der Waals surface area contributed by atoms with E-state index >= 15 is 0 Å². The first-order valence-corrected chi connectivity index (χ1v) is 4.85. The van der Waals surface area contributed by atoms with E-state index in [1.807, 2.05) is 6.07 Å². The van der Waals surface area contributed by atoms with E-state index in [4.69, 9.17) is 5.73 Å². The molecule has 0 bridgehead atoms. The molecule has 2 aromatic rings. The number of pyridine rings is 1. The Morgan fingerprint density at radius 1 is 1.31 bits per heavy atom. The van der Waals surface area contributed by atoms with Gasteiger partial charge in [0.1, 0.15) is 0 Å². The molecule has 2 N–H and O–H groups in total. The Kier molecular flexibility index (Phi) is 2.02. The van der Waals surface area contributed by atoms with Crippen LogP contribution < -0.4 is 5.73 Å². The van der Waals surface area contributed by atoms with Crippen LogP contribution in [0.2, 0.25) is 0 Å². The van der Waals surface area contributed by atoms with E-state index in [0.717, 1.165) is 11.3 Å². The van der Waals surface area contributed by atoms with E-state index in [1.54, 1.807) is 23.7 Å². The molecule has 2 aromatic heterocycles. The lowest BCUT2D eigenvalue weighted by molar-refractivity contribution is 1.34. The third-order valence-electron chi connectivity index (χ3n) is 1.86. The fourth-order valence-corrected chi connectivity index (χ4v) is 2.13. The van der Waals surface area contributed by atoms with E-state index in [0.29, 0.717) is 0 Å². The zero-order valence-corrected chi connectivity index (χ0v) is 8.14. The smallest absolute Gasteiger partial charge is 0.0588 e. The number of nitrogens with zero attached hydrogens (tertiary/aromatic N) is 1. The highest BCUT2D eigenvalue weighted by Crippen LogP contribution is 2.30. The molecule has 0 aliphatic heterocycles. The van der Waals surface area contributed by atoms with Gasteiger partial charge in [-0.3, -0.25) is 4.98 Å². The van der Waals surface area contributed by atoms with Crippen molar-refractivity contribution in [3.63, 3.8) is 0 Å². The van der Waals surface area contributed by atoms with Crippen molar-refractivity contribution in [3.05, 3.63) is 35.5 Å². The summed E-state index contributed by atoms with van der Waals surface area (Å²) in [6.45, 7) is 2.09. The van der Waals surface area contributed by atoms with Crippen molar-refractivity contribution in [2.24, 2.45) is 0 Å². The molecule has 2 rings (SSSR count). The van der Waals surface area contributed by atoms with Crippen LogP contribution in [-0.4, -0.2) is 4.98 Å². The standard InChI is InChI=1S/C10H10N2S/c1-7-2-3-10(13-7)8-4-5-12-6-9(8)11/h2-6H,11H2,1H3. The number of thiophene rings is 1. The molecular formula is C10H10N2S. The van der Waals surface area contributed by atoms with Gasteiger partial charge in [-0.1, -0.05) is 0 Å². The van der Waals surface area contributed by atoms with Gasteiger partial charge in [-0.2, -0.15) is 0 Å². The number of hydrogen-bond acceptors (Lipinski definition) is 3. The molecule has 0 amide bonds. The molecule has 0 radical (unpaired) electrons. The maximum absolute atomic E-state index is 5.81. The summed E-state index contributed by atoms with van der Waals surface area (Å²) in [6.07, 6.45) is 3.45. The minimum absolute atomic E-state index is 0.740. The molecule has 66 valence electrons. The van der Waals surface area contributed by atoms with Crippen LogP contribution in [0.25, 0.3) is 10.4 Å². The number of nitrogens with two attached hydrogens (primary N) is 1. The lowest BCUT2D eigenvalue weighted by Crippen LogP contribution is -1.88. The lowest BCUT2D eigenvalue weighted by atomic mass is 10.2. The topological polar surface area (TPSA) is 38.9 Å². The second-order valence-electron chi connectivity index (χ2n) is 2.87. The van der Waals surface area contributed by atoms with Gasteiger partial charge in [0, 0.05) is 21.5 Å². The van der Waals surface area contributed by atoms with Crippen molar-refractivity contribution >= 4 is 17.0 Å². The van der Waals surface area contributed by atoms with Gasteiger partial charge in [0.15, 0.2) is 0 Å². The summed E-state index contributed by atoms with van der Waals surface area (Å²) >= 11 is 1.75. The highest BCUT2D eigenvalue weighted by Gasteiger charge is 2.03. The predicted octanol–water partition coefficient (Wildman–Crippen LogP) is 2.70. The summed E-state index contributed by atoms with van der Waals surface area (Å²) in [6, 6.07) is 6.13. The minimum atomic E-state index is 0.740. The monoisotopic (exact) mass is 190 g/mol. The molecule has 2 nitrogen and oxygen atoms in total. The molecule has 0 saturated heterocycles. The molecule has 0 aliphatic carbocycles. The van der Waals surface area contributed by atoms with Gasteiger partial charge in [-0.25, -0.2) is 0 Å². The normalized spacial score (nSPS) is 10.2. The largest absolute Gasteiger partial charge is 0.397 e. The number of anilines is 1. The minimum Gasteiger partial charge on any atom is -0.397 e. The van der Waals surface area contributed by atoms with Crippen LogP contribution in [0.1, 0.15) is 4.88 Å². The fourth-order valence-electron chi connectivity index (χ4n) is 1.21. The fraction of sp³-hybridized carbons (Fsp3) is 0.100. The summed E-state index contributed by atoms with van der Waals surface area (Å²) in [5, 5.41) is 0. The molecule has 13 heavy (non-hydrogen) atoms. The molecule has 0 aliphatic rings. The van der Waals surface area contributed by atoms with Gasteiger partial charge in [0.05, 0.1) is 11.9 Å². The molecule has 0 saturated carbocycles. The zero-order chi connectivity index (χ0) is 9.26. The van der Waals surface area contributed by atoms with Gasteiger partial charge < -0.3 is 5.73 Å². The highest BCUT2D eigenvalue weighted by molar-refractivity contribution is 7.15. The molecular weight excluding hydrogens is 180 g/mol. The lowest BCUT2D eigenvalue weighted by Gasteiger charge is -2.00. The second-order valence-corrected chi connectivity index (χ2v) is 4.16. The summed E-state index contributed by atoms with van der Waals surface area (Å²) in [4.78, 5) is 6.46. The van der Waals surface area contributed by atoms with Crippen molar-refractivity contribution in [2.45, 2.75) is 6.92 Å². The Bertz CT molecular complexity index is 420. The van der Waals surface area contributed by atoms with Crippen LogP contribution >= 0.6 is 11.3 Å². The number of hydrogen-bond donors (Lipinski definition) is 1. The Morgan fingerprint density at radius 2 is 2.15 bits per heavy atom. The van der Waals surface area contributed by atoms with Gasteiger partial charge in [0.2, 0.25) is 0 Å². The molecule has 0 aromatic carbocycles. The first-order chi connectivity index (χ1) is 6.27. The highest BCUT2D eigenvalue weighted by atomic mass is 32.1. The van der Waals surface area contributed by atoms with Gasteiger partial charge in [-0.05, 0) is 25.1 Å². The Hall–Kier alpha value is -1.35. The Morgan fingerprint density at radius 3 is 2.77 bits per heavy atom. The van der Waals surface area contributed by atoms with E-state index in [2.05, 4.69) is 24.0 Å². The van der Waals surface area contributed by atoms with E-state index in [1.165, 1.54) is 9.75 Å². The van der Waals surface area contributed by atoms with E-state index < -0.39 is 0 Å². The maximum Gasteiger partial charge on any atom is 0.0588 e. The van der Waals surface area contributed by atoms with Crippen LogP contribution in [0.5, 0.6) is 0 Å². The van der Waals surface area contributed by atoms with E-state index in [9.17, 15) is 0 Å². The predicted molar refractivity (Wildman–Crippen MR) is 56.7 cm³/mol. The van der Waals surface area contributed by atoms with Crippen molar-refractivity contribution in [1.82, 2.24) is 4.98 Å². The van der Waals surface area contributed by atoms with Crippen LogP contribution in [0.4, 0.5) is 5.69 Å². The van der Waals surface area contributed by atoms with Crippen molar-refractivity contribution < 1.29 is 0 Å². The van der Waals surface area contributed by atoms with Gasteiger partial charge >= 0.3 is 0 Å². The molecule has 0 spiro atoms. The third-order valence-corrected chi connectivity index (χ3v) is 2.89. The van der Waals surface area contributed by atoms with Crippen molar-refractivity contribution in [2.75, 3.05) is 5.73 Å². The van der Waals surface area contributed by atoms with Crippen LogP contribution in [0.15, 0.2) is 30.6 Å². The molecule has 0 fully saturated rings. The number of rotatable bonds is 1. The molecule has 0 unspecified atom stereocenters. The third kappa shape index (κ3) is 1.55. The van der Waals surface area contributed by atoms with Crippen LogP contribution in [-0.2, 0) is 0 Å². The average molecular weight is 190 g/mol. The summed E-state index contributed by atoms with van der Waals surface area (Å²) in [5.74, 6) is 0.